The van der Waals surface area contributed by atoms with Crippen LogP contribution in [-0.4, -0.2) is 55.7 Å². The minimum Gasteiger partial charge on any atom is -0.465 e. The average Bonchev–Trinajstić information content (AvgIpc) is 2.64. The predicted octanol–water partition coefficient (Wildman–Crippen LogP) is -0.168. The number of rotatable bonds is 10. The Balaban J connectivity index is 2.07. The highest BCUT2D eigenvalue weighted by molar-refractivity contribution is 7.99. The van der Waals surface area contributed by atoms with Gasteiger partial charge in [-0.3, -0.25) is 19.2 Å². The molecule has 0 radical (unpaired) electrons. The SMILES string of the molecule is CCOC(=O)CNC(=O)C(=O)NCCNC(=O)CSCc1ccccc1. The van der Waals surface area contributed by atoms with Crippen LogP contribution in [0.5, 0.6) is 0 Å². The maximum atomic E-state index is 11.7. The van der Waals surface area contributed by atoms with Gasteiger partial charge in [-0.25, -0.2) is 0 Å². The minimum atomic E-state index is -0.928. The lowest BCUT2D eigenvalue weighted by atomic mass is 10.2. The summed E-state index contributed by atoms with van der Waals surface area (Å²) in [4.78, 5) is 45.7. The first-order chi connectivity index (χ1) is 12.5. The van der Waals surface area contributed by atoms with Gasteiger partial charge >= 0.3 is 17.8 Å². The molecule has 0 fully saturated rings. The molecule has 0 aliphatic heterocycles. The van der Waals surface area contributed by atoms with Gasteiger partial charge in [-0.15, -0.1) is 11.8 Å². The number of carbonyl (C=O) groups is 4. The summed E-state index contributed by atoms with van der Waals surface area (Å²) in [7, 11) is 0. The fraction of sp³-hybridized carbons (Fsp3) is 0.412. The lowest BCUT2D eigenvalue weighted by Crippen LogP contribution is -2.44. The Morgan fingerprint density at radius 2 is 1.62 bits per heavy atom. The first-order valence-electron chi connectivity index (χ1n) is 8.13. The summed E-state index contributed by atoms with van der Waals surface area (Å²) in [5.41, 5.74) is 1.14. The third-order valence-electron chi connectivity index (χ3n) is 2.98. The van der Waals surface area contributed by atoms with E-state index in [2.05, 4.69) is 20.7 Å². The van der Waals surface area contributed by atoms with E-state index in [1.165, 1.54) is 11.8 Å². The second-order valence-corrected chi connectivity index (χ2v) is 6.06. The molecule has 0 saturated carbocycles. The molecule has 0 unspecified atom stereocenters. The summed E-state index contributed by atoms with van der Waals surface area (Å²) in [5, 5.41) is 7.14. The van der Waals surface area contributed by atoms with Crippen molar-refractivity contribution in [2.45, 2.75) is 12.7 Å². The zero-order chi connectivity index (χ0) is 19.2. The number of carbonyl (C=O) groups excluding carboxylic acids is 4. The fourth-order valence-electron chi connectivity index (χ4n) is 1.79. The summed E-state index contributed by atoms with van der Waals surface area (Å²) >= 11 is 1.49. The molecular formula is C17H23N3O5S. The molecule has 3 amide bonds. The van der Waals surface area contributed by atoms with Crippen molar-refractivity contribution >= 4 is 35.5 Å². The Bertz CT molecular complexity index is 610. The molecule has 26 heavy (non-hydrogen) atoms. The van der Waals surface area contributed by atoms with E-state index in [-0.39, 0.29) is 32.1 Å². The van der Waals surface area contributed by atoms with Gasteiger partial charge < -0.3 is 20.7 Å². The molecule has 1 rings (SSSR count). The number of benzene rings is 1. The highest BCUT2D eigenvalue weighted by Crippen LogP contribution is 2.10. The molecule has 0 aromatic heterocycles. The number of nitrogens with one attached hydrogen (secondary N) is 3. The van der Waals surface area contributed by atoms with E-state index < -0.39 is 17.8 Å². The van der Waals surface area contributed by atoms with Crippen molar-refractivity contribution in [3.05, 3.63) is 35.9 Å². The van der Waals surface area contributed by atoms with E-state index in [4.69, 9.17) is 0 Å². The van der Waals surface area contributed by atoms with E-state index in [1.54, 1.807) is 6.92 Å². The number of esters is 1. The second-order valence-electron chi connectivity index (χ2n) is 5.07. The Kier molecular flexibility index (Phi) is 10.5. The van der Waals surface area contributed by atoms with Crippen molar-refractivity contribution in [2.24, 2.45) is 0 Å². The van der Waals surface area contributed by atoms with Crippen LogP contribution in [0, 0.1) is 0 Å². The van der Waals surface area contributed by atoms with Crippen LogP contribution in [0.25, 0.3) is 0 Å². The van der Waals surface area contributed by atoms with Gasteiger partial charge in [0, 0.05) is 18.8 Å². The Hall–Kier alpha value is -2.55. The molecule has 0 atom stereocenters. The van der Waals surface area contributed by atoms with E-state index >= 15 is 0 Å². The molecule has 0 heterocycles. The van der Waals surface area contributed by atoms with Crippen LogP contribution in [0.4, 0.5) is 0 Å². The van der Waals surface area contributed by atoms with Crippen molar-refractivity contribution < 1.29 is 23.9 Å². The zero-order valence-corrected chi connectivity index (χ0v) is 15.4. The van der Waals surface area contributed by atoms with Gasteiger partial charge in [0.15, 0.2) is 0 Å². The highest BCUT2D eigenvalue weighted by atomic mass is 32.2. The summed E-state index contributed by atoms with van der Waals surface area (Å²) in [5.74, 6) is -1.51. The molecular weight excluding hydrogens is 358 g/mol. The van der Waals surface area contributed by atoms with Crippen LogP contribution in [0.1, 0.15) is 12.5 Å². The normalized spacial score (nSPS) is 9.88. The van der Waals surface area contributed by atoms with Crippen molar-refractivity contribution in [3.63, 3.8) is 0 Å². The minimum absolute atomic E-state index is 0.112. The number of hydrogen-bond acceptors (Lipinski definition) is 6. The summed E-state index contributed by atoms with van der Waals surface area (Å²) in [6.45, 7) is 1.79. The maximum absolute atomic E-state index is 11.7. The molecule has 9 heteroatoms. The largest absolute Gasteiger partial charge is 0.465 e. The van der Waals surface area contributed by atoms with Gasteiger partial charge in [0.25, 0.3) is 0 Å². The van der Waals surface area contributed by atoms with Crippen LogP contribution < -0.4 is 16.0 Å². The summed E-state index contributed by atoms with van der Waals surface area (Å²) in [6.07, 6.45) is 0. The van der Waals surface area contributed by atoms with Crippen LogP contribution in [-0.2, 0) is 29.7 Å². The topological polar surface area (TPSA) is 114 Å². The summed E-state index contributed by atoms with van der Waals surface area (Å²) in [6, 6.07) is 9.82. The molecule has 3 N–H and O–H groups in total. The number of ether oxygens (including phenoxy) is 1. The number of thioether (sulfide) groups is 1. The lowest BCUT2D eigenvalue weighted by Gasteiger charge is -2.07. The van der Waals surface area contributed by atoms with Crippen molar-refractivity contribution in [3.8, 4) is 0 Å². The summed E-state index contributed by atoms with van der Waals surface area (Å²) < 4.78 is 4.62. The van der Waals surface area contributed by atoms with Crippen molar-refractivity contribution in [2.75, 3.05) is 32.0 Å². The van der Waals surface area contributed by atoms with Gasteiger partial charge in [-0.05, 0) is 12.5 Å². The fourth-order valence-corrected chi connectivity index (χ4v) is 2.61. The van der Waals surface area contributed by atoms with Crippen LogP contribution in [0.15, 0.2) is 30.3 Å². The highest BCUT2D eigenvalue weighted by Gasteiger charge is 2.14. The van der Waals surface area contributed by atoms with Gasteiger partial charge in [0.1, 0.15) is 6.54 Å². The second kappa shape index (κ2) is 12.8. The van der Waals surface area contributed by atoms with E-state index in [0.717, 1.165) is 11.3 Å². The van der Waals surface area contributed by atoms with Crippen molar-refractivity contribution in [1.82, 2.24) is 16.0 Å². The standard InChI is InChI=1S/C17H23N3O5S/c1-2-25-15(22)10-20-17(24)16(23)19-9-8-18-14(21)12-26-11-13-6-4-3-5-7-13/h3-7H,2,8-12H2,1H3,(H,18,21)(H,19,23)(H,20,24). The molecule has 0 spiro atoms. The third-order valence-corrected chi connectivity index (χ3v) is 3.99. The number of amides is 3. The first-order valence-corrected chi connectivity index (χ1v) is 9.28. The van der Waals surface area contributed by atoms with Gasteiger partial charge in [0.2, 0.25) is 5.91 Å². The molecule has 0 bridgehead atoms. The smallest absolute Gasteiger partial charge is 0.325 e. The Morgan fingerprint density at radius 3 is 2.31 bits per heavy atom. The molecule has 1 aromatic rings. The van der Waals surface area contributed by atoms with Crippen LogP contribution >= 0.6 is 11.8 Å². The van der Waals surface area contributed by atoms with Gasteiger partial charge in [-0.1, -0.05) is 30.3 Å². The Morgan fingerprint density at radius 1 is 0.962 bits per heavy atom. The van der Waals surface area contributed by atoms with Crippen LogP contribution in [0.3, 0.4) is 0 Å². The molecule has 0 aliphatic rings. The zero-order valence-electron chi connectivity index (χ0n) is 14.6. The lowest BCUT2D eigenvalue weighted by molar-refractivity contribution is -0.145. The quantitative estimate of drug-likeness (QED) is 0.295. The molecule has 0 aliphatic carbocycles. The maximum Gasteiger partial charge on any atom is 0.325 e. The Labute approximate surface area is 156 Å². The van der Waals surface area contributed by atoms with Crippen molar-refractivity contribution in [1.29, 1.82) is 0 Å². The number of hydrogen-bond donors (Lipinski definition) is 3. The van der Waals surface area contributed by atoms with E-state index in [9.17, 15) is 19.2 Å². The average molecular weight is 381 g/mol. The van der Waals surface area contributed by atoms with E-state index in [0.29, 0.717) is 5.75 Å². The predicted molar refractivity (Wildman–Crippen MR) is 98.3 cm³/mol. The first kappa shape index (κ1) is 21.5. The molecule has 1 aromatic carbocycles. The van der Waals surface area contributed by atoms with Crippen LogP contribution in [0.2, 0.25) is 0 Å². The van der Waals surface area contributed by atoms with Gasteiger partial charge in [-0.2, -0.15) is 0 Å². The molecule has 142 valence electrons. The third kappa shape index (κ3) is 9.67. The monoisotopic (exact) mass is 381 g/mol. The molecule has 0 saturated heterocycles. The van der Waals surface area contributed by atoms with Gasteiger partial charge in [0.05, 0.1) is 12.4 Å². The molecule has 8 nitrogen and oxygen atoms in total. The van der Waals surface area contributed by atoms with E-state index in [1.807, 2.05) is 30.3 Å².